The highest BCUT2D eigenvalue weighted by Crippen LogP contribution is 2.30. The van der Waals surface area contributed by atoms with Gasteiger partial charge in [0.2, 0.25) is 0 Å². The van der Waals surface area contributed by atoms with Crippen molar-refractivity contribution < 1.29 is 8.78 Å². The smallest absolute Gasteiger partial charge is 0.173 e. The van der Waals surface area contributed by atoms with E-state index in [4.69, 9.17) is 0 Å². The predicted molar refractivity (Wildman–Crippen MR) is 74.6 cm³/mol. The lowest BCUT2D eigenvalue weighted by molar-refractivity contribution is 0.480. The van der Waals surface area contributed by atoms with Gasteiger partial charge in [0.05, 0.1) is 4.47 Å². The maximum atomic E-state index is 13.5. The van der Waals surface area contributed by atoms with Crippen LogP contribution in [0.1, 0.15) is 50.6 Å². The third-order valence-corrected chi connectivity index (χ3v) is 3.94. The summed E-state index contributed by atoms with van der Waals surface area (Å²) in [6, 6.07) is 2.89. The molecule has 1 aromatic rings. The number of hydrogen-bond donors (Lipinski definition) is 1. The summed E-state index contributed by atoms with van der Waals surface area (Å²) in [5, 5.41) is 3.16. The van der Waals surface area contributed by atoms with Gasteiger partial charge < -0.3 is 5.32 Å². The lowest BCUT2D eigenvalue weighted by Gasteiger charge is -2.18. The minimum absolute atomic E-state index is 0.0614. The molecule has 0 aliphatic rings. The van der Waals surface area contributed by atoms with Crippen molar-refractivity contribution in [1.82, 2.24) is 5.32 Å². The van der Waals surface area contributed by atoms with Gasteiger partial charge in [-0.3, -0.25) is 0 Å². The average molecular weight is 320 g/mol. The Kier molecular flexibility index (Phi) is 6.79. The second kappa shape index (κ2) is 7.85. The molecular weight excluding hydrogens is 300 g/mol. The minimum atomic E-state index is -0.813. The van der Waals surface area contributed by atoms with Crippen LogP contribution in [0.2, 0.25) is 0 Å². The zero-order valence-electron chi connectivity index (χ0n) is 10.9. The Morgan fingerprint density at radius 1 is 1.22 bits per heavy atom. The SMILES string of the molecule is CCCCCCC(NC)c1ccc(F)c(F)c1Br. The molecule has 0 aliphatic carbocycles. The summed E-state index contributed by atoms with van der Waals surface area (Å²) in [7, 11) is 1.85. The largest absolute Gasteiger partial charge is 0.313 e. The van der Waals surface area contributed by atoms with Gasteiger partial charge in [0.1, 0.15) is 0 Å². The lowest BCUT2D eigenvalue weighted by atomic mass is 10.00. The van der Waals surface area contributed by atoms with Crippen molar-refractivity contribution in [2.45, 2.75) is 45.1 Å². The van der Waals surface area contributed by atoms with Crippen molar-refractivity contribution in [2.75, 3.05) is 7.05 Å². The Balaban J connectivity index is 2.73. The summed E-state index contributed by atoms with van der Waals surface area (Å²) >= 11 is 3.14. The maximum Gasteiger partial charge on any atom is 0.173 e. The molecule has 0 amide bonds. The molecular formula is C14H20BrF2N. The summed E-state index contributed by atoms with van der Waals surface area (Å²) in [5.74, 6) is -1.62. The van der Waals surface area contributed by atoms with E-state index in [0.29, 0.717) is 0 Å². The van der Waals surface area contributed by atoms with Gasteiger partial charge in [-0.15, -0.1) is 0 Å². The minimum Gasteiger partial charge on any atom is -0.313 e. The molecule has 0 aliphatic heterocycles. The molecule has 1 atom stereocenters. The van der Waals surface area contributed by atoms with Crippen molar-refractivity contribution in [2.24, 2.45) is 0 Å². The number of benzene rings is 1. The molecule has 1 nitrogen and oxygen atoms in total. The van der Waals surface area contributed by atoms with Gasteiger partial charge in [0.15, 0.2) is 11.6 Å². The maximum absolute atomic E-state index is 13.5. The number of halogens is 3. The van der Waals surface area contributed by atoms with Crippen LogP contribution in [0.25, 0.3) is 0 Å². The number of nitrogens with one attached hydrogen (secondary N) is 1. The lowest BCUT2D eigenvalue weighted by Crippen LogP contribution is -2.17. The van der Waals surface area contributed by atoms with Gasteiger partial charge in [0, 0.05) is 6.04 Å². The zero-order chi connectivity index (χ0) is 13.5. The Morgan fingerprint density at radius 2 is 1.94 bits per heavy atom. The van der Waals surface area contributed by atoms with E-state index in [0.717, 1.165) is 18.4 Å². The predicted octanol–water partition coefficient (Wildman–Crippen LogP) is 4.96. The third-order valence-electron chi connectivity index (χ3n) is 3.14. The highest BCUT2D eigenvalue weighted by Gasteiger charge is 2.17. The Morgan fingerprint density at radius 3 is 2.56 bits per heavy atom. The van der Waals surface area contributed by atoms with E-state index in [1.165, 1.54) is 25.3 Å². The van der Waals surface area contributed by atoms with E-state index in [-0.39, 0.29) is 10.5 Å². The number of hydrogen-bond acceptors (Lipinski definition) is 1. The Labute approximate surface area is 116 Å². The van der Waals surface area contributed by atoms with Crippen molar-refractivity contribution in [1.29, 1.82) is 0 Å². The molecule has 0 fully saturated rings. The molecule has 0 heterocycles. The highest BCUT2D eigenvalue weighted by molar-refractivity contribution is 9.10. The quantitative estimate of drug-likeness (QED) is 0.553. The zero-order valence-corrected chi connectivity index (χ0v) is 12.5. The number of unbranched alkanes of at least 4 members (excludes halogenated alkanes) is 3. The van der Waals surface area contributed by atoms with Crippen LogP contribution >= 0.6 is 15.9 Å². The van der Waals surface area contributed by atoms with Gasteiger partial charge in [-0.05, 0) is 41.0 Å². The molecule has 0 saturated heterocycles. The summed E-state index contributed by atoms with van der Waals surface area (Å²) in [4.78, 5) is 0. The van der Waals surface area contributed by atoms with Gasteiger partial charge in [-0.25, -0.2) is 8.78 Å². The van der Waals surface area contributed by atoms with E-state index < -0.39 is 11.6 Å². The van der Waals surface area contributed by atoms with E-state index in [1.807, 2.05) is 7.05 Å². The molecule has 0 saturated carbocycles. The second-order valence-corrected chi connectivity index (χ2v) is 5.25. The van der Waals surface area contributed by atoms with Crippen LogP contribution in [-0.4, -0.2) is 7.05 Å². The van der Waals surface area contributed by atoms with Crippen LogP contribution in [0.4, 0.5) is 8.78 Å². The summed E-state index contributed by atoms with van der Waals surface area (Å²) < 4.78 is 26.8. The van der Waals surface area contributed by atoms with E-state index in [9.17, 15) is 8.78 Å². The molecule has 18 heavy (non-hydrogen) atoms. The van der Waals surface area contributed by atoms with Crippen molar-refractivity contribution in [3.8, 4) is 0 Å². The van der Waals surface area contributed by atoms with Gasteiger partial charge in [0.25, 0.3) is 0 Å². The van der Waals surface area contributed by atoms with Crippen LogP contribution < -0.4 is 5.32 Å². The molecule has 0 bridgehead atoms. The molecule has 0 radical (unpaired) electrons. The fourth-order valence-electron chi connectivity index (χ4n) is 2.04. The first-order valence-corrected chi connectivity index (χ1v) is 7.21. The molecule has 0 spiro atoms. The molecule has 4 heteroatoms. The summed E-state index contributed by atoms with van der Waals surface area (Å²) in [6.07, 6.45) is 5.61. The van der Waals surface area contributed by atoms with Crippen LogP contribution in [0, 0.1) is 11.6 Å². The van der Waals surface area contributed by atoms with Crippen LogP contribution in [-0.2, 0) is 0 Å². The van der Waals surface area contributed by atoms with Gasteiger partial charge in [-0.2, -0.15) is 0 Å². The first-order valence-electron chi connectivity index (χ1n) is 6.42. The van der Waals surface area contributed by atoms with Gasteiger partial charge >= 0.3 is 0 Å². The normalized spacial score (nSPS) is 12.7. The summed E-state index contributed by atoms with van der Waals surface area (Å²) in [5.41, 5.74) is 0.785. The molecule has 1 rings (SSSR count). The first-order chi connectivity index (χ1) is 8.61. The first kappa shape index (κ1) is 15.6. The number of rotatable bonds is 7. The van der Waals surface area contributed by atoms with Crippen molar-refractivity contribution in [3.63, 3.8) is 0 Å². The summed E-state index contributed by atoms with van der Waals surface area (Å²) in [6.45, 7) is 2.17. The monoisotopic (exact) mass is 319 g/mol. The topological polar surface area (TPSA) is 12.0 Å². The fraction of sp³-hybridized carbons (Fsp3) is 0.571. The molecule has 102 valence electrons. The molecule has 1 N–H and O–H groups in total. The standard InChI is InChI=1S/C14H20BrF2N/c1-3-4-5-6-7-12(18-2)10-8-9-11(16)14(17)13(10)15/h8-9,12,18H,3-7H2,1-2H3. The molecule has 1 aromatic carbocycles. The Hall–Kier alpha value is -0.480. The average Bonchev–Trinajstić information content (AvgIpc) is 2.38. The fourth-order valence-corrected chi connectivity index (χ4v) is 2.64. The van der Waals surface area contributed by atoms with Gasteiger partial charge in [-0.1, -0.05) is 38.7 Å². The highest BCUT2D eigenvalue weighted by atomic mass is 79.9. The van der Waals surface area contributed by atoms with E-state index >= 15 is 0 Å². The second-order valence-electron chi connectivity index (χ2n) is 4.46. The van der Waals surface area contributed by atoms with Crippen LogP contribution in [0.15, 0.2) is 16.6 Å². The van der Waals surface area contributed by atoms with Crippen molar-refractivity contribution >= 4 is 15.9 Å². The van der Waals surface area contributed by atoms with E-state index in [2.05, 4.69) is 28.2 Å². The van der Waals surface area contributed by atoms with Crippen LogP contribution in [0.3, 0.4) is 0 Å². The Bertz CT molecular complexity index is 382. The van der Waals surface area contributed by atoms with Crippen molar-refractivity contribution in [3.05, 3.63) is 33.8 Å². The molecule has 0 aromatic heterocycles. The van der Waals surface area contributed by atoms with E-state index in [1.54, 1.807) is 6.07 Å². The molecule has 1 unspecified atom stereocenters. The third kappa shape index (κ3) is 4.02. The van der Waals surface area contributed by atoms with Crippen LogP contribution in [0.5, 0.6) is 0 Å².